The molecule has 3 rings (SSSR count). The van der Waals surface area contributed by atoms with Crippen molar-refractivity contribution in [1.29, 1.82) is 0 Å². The number of carbonyl (C=O) groups excluding carboxylic acids is 1. The highest BCUT2D eigenvalue weighted by molar-refractivity contribution is 7.22. The van der Waals surface area contributed by atoms with E-state index in [1.165, 1.54) is 6.07 Å². The van der Waals surface area contributed by atoms with Crippen molar-refractivity contribution in [3.05, 3.63) is 23.8 Å². The van der Waals surface area contributed by atoms with Crippen LogP contribution in [0.1, 0.15) is 18.4 Å². The molecule has 0 saturated heterocycles. The molecule has 0 bridgehead atoms. The number of halogens is 3. The van der Waals surface area contributed by atoms with Gasteiger partial charge in [0.2, 0.25) is 0 Å². The first-order valence-electron chi connectivity index (χ1n) is 6.48. The molecular weight excluding hydrogens is 319 g/mol. The molecule has 1 atom stereocenters. The molecule has 0 unspecified atom stereocenters. The minimum absolute atomic E-state index is 0.199. The van der Waals surface area contributed by atoms with Crippen molar-refractivity contribution >= 4 is 32.6 Å². The van der Waals surface area contributed by atoms with Crippen LogP contribution < -0.4 is 11.1 Å². The lowest BCUT2D eigenvalue weighted by Crippen LogP contribution is -2.54. The molecule has 1 fully saturated rings. The molecule has 1 aliphatic rings. The zero-order chi connectivity index (χ0) is 16.1. The fourth-order valence-electron chi connectivity index (χ4n) is 2.11. The molecular formula is C13H12F3N3O2S. The van der Waals surface area contributed by atoms with Crippen molar-refractivity contribution in [3.8, 4) is 0 Å². The Labute approximate surface area is 126 Å². The molecule has 4 N–H and O–H groups in total. The summed E-state index contributed by atoms with van der Waals surface area (Å²) in [5, 5.41) is 12.6. The van der Waals surface area contributed by atoms with E-state index in [1.807, 2.05) is 0 Å². The fraction of sp³-hybridized carbons (Fsp3) is 0.385. The number of nitrogen functional groups attached to an aromatic ring is 1. The number of alkyl halides is 3. The van der Waals surface area contributed by atoms with Gasteiger partial charge in [-0.25, -0.2) is 4.98 Å². The molecule has 0 radical (unpaired) electrons. The number of rotatable bonds is 3. The molecule has 2 aromatic rings. The van der Waals surface area contributed by atoms with Crippen molar-refractivity contribution in [2.45, 2.75) is 30.7 Å². The third kappa shape index (κ3) is 2.40. The van der Waals surface area contributed by atoms with E-state index in [4.69, 9.17) is 5.73 Å². The van der Waals surface area contributed by atoms with Crippen LogP contribution in [0.15, 0.2) is 18.2 Å². The van der Waals surface area contributed by atoms with E-state index in [9.17, 15) is 23.1 Å². The first-order valence-corrected chi connectivity index (χ1v) is 7.30. The van der Waals surface area contributed by atoms with Crippen LogP contribution in [0.5, 0.6) is 0 Å². The Morgan fingerprint density at radius 3 is 2.68 bits per heavy atom. The van der Waals surface area contributed by atoms with Crippen LogP contribution in [-0.4, -0.2) is 28.2 Å². The molecule has 22 heavy (non-hydrogen) atoms. The monoisotopic (exact) mass is 331 g/mol. The Bertz CT molecular complexity index is 742. The normalized spacial score (nSPS) is 18.2. The summed E-state index contributed by atoms with van der Waals surface area (Å²) in [6.45, 7) is 0. The minimum Gasteiger partial charge on any atom is -0.375 e. The van der Waals surface area contributed by atoms with E-state index in [1.54, 1.807) is 0 Å². The van der Waals surface area contributed by atoms with Crippen LogP contribution >= 0.6 is 11.3 Å². The van der Waals surface area contributed by atoms with Gasteiger partial charge in [-0.2, -0.15) is 13.2 Å². The van der Waals surface area contributed by atoms with Crippen LogP contribution in [0.2, 0.25) is 0 Å². The summed E-state index contributed by atoms with van der Waals surface area (Å²) in [6.07, 6.45) is -3.91. The van der Waals surface area contributed by atoms with Gasteiger partial charge in [0.05, 0.1) is 10.2 Å². The zero-order valence-electron chi connectivity index (χ0n) is 11.1. The second-order valence-electron chi connectivity index (χ2n) is 5.19. The largest absolute Gasteiger partial charge is 0.430 e. The van der Waals surface area contributed by atoms with Gasteiger partial charge in [-0.05, 0) is 25.0 Å². The number of benzene rings is 1. The maximum absolute atomic E-state index is 13.4. The zero-order valence-corrected chi connectivity index (χ0v) is 12.0. The van der Waals surface area contributed by atoms with Gasteiger partial charge in [0.25, 0.3) is 11.5 Å². The maximum Gasteiger partial charge on any atom is 0.430 e. The summed E-state index contributed by atoms with van der Waals surface area (Å²) in [5.41, 5.74) is 1.79. The summed E-state index contributed by atoms with van der Waals surface area (Å²) in [6, 6.07) is 3.15. The third-order valence-corrected chi connectivity index (χ3v) is 4.32. The molecule has 1 saturated carbocycles. The van der Waals surface area contributed by atoms with Gasteiger partial charge in [-0.15, -0.1) is 0 Å². The predicted molar refractivity (Wildman–Crippen MR) is 75.1 cm³/mol. The van der Waals surface area contributed by atoms with Crippen LogP contribution in [0.3, 0.4) is 0 Å². The van der Waals surface area contributed by atoms with Gasteiger partial charge in [-0.3, -0.25) is 4.79 Å². The molecule has 1 aromatic heterocycles. The number of hydrogen-bond donors (Lipinski definition) is 3. The van der Waals surface area contributed by atoms with Crippen LogP contribution in [0.25, 0.3) is 10.2 Å². The lowest BCUT2D eigenvalue weighted by atomic mass is 9.92. The number of aliphatic hydroxyl groups is 1. The van der Waals surface area contributed by atoms with E-state index in [0.717, 1.165) is 23.5 Å². The molecule has 0 aliphatic heterocycles. The van der Waals surface area contributed by atoms with Crippen molar-refractivity contribution in [3.63, 3.8) is 0 Å². The average Bonchev–Trinajstić information content (AvgIpc) is 3.14. The summed E-state index contributed by atoms with van der Waals surface area (Å²) >= 11 is 0.987. The first-order chi connectivity index (χ1) is 10.2. The molecule has 5 nitrogen and oxygen atoms in total. The minimum atomic E-state index is -5.14. The number of nitrogens with two attached hydrogens (primary N) is 1. The van der Waals surface area contributed by atoms with Gasteiger partial charge in [0.15, 0.2) is 5.13 Å². The average molecular weight is 331 g/mol. The quantitative estimate of drug-likeness (QED) is 0.802. The molecule has 9 heteroatoms. The number of fused-ring (bicyclic) bond motifs is 1. The summed E-state index contributed by atoms with van der Waals surface area (Å²) in [7, 11) is 0. The SMILES string of the molecule is Nc1nc2ccc([C@](O)(C(=O)NC3CC3)C(F)(F)F)cc2s1. The van der Waals surface area contributed by atoms with Crippen LogP contribution in [0, 0.1) is 0 Å². The van der Waals surface area contributed by atoms with Gasteiger partial charge >= 0.3 is 6.18 Å². The second-order valence-corrected chi connectivity index (χ2v) is 6.25. The second kappa shape index (κ2) is 4.82. The highest BCUT2D eigenvalue weighted by Crippen LogP contribution is 2.41. The molecule has 1 aliphatic carbocycles. The van der Waals surface area contributed by atoms with Gasteiger partial charge in [-0.1, -0.05) is 17.4 Å². The number of aromatic nitrogens is 1. The topological polar surface area (TPSA) is 88.2 Å². The summed E-state index contributed by atoms with van der Waals surface area (Å²) in [4.78, 5) is 15.9. The molecule has 118 valence electrons. The smallest absolute Gasteiger partial charge is 0.375 e. The highest BCUT2D eigenvalue weighted by atomic mass is 32.1. The molecule has 1 heterocycles. The number of carbonyl (C=O) groups is 1. The summed E-state index contributed by atoms with van der Waals surface area (Å²) in [5.74, 6) is -1.46. The standard InChI is InChI=1S/C13H12F3N3O2S/c14-13(15,16)12(21,10(20)18-7-2-3-7)6-1-4-8-9(5-6)22-11(17)19-8/h1,4-5,7,21H,2-3H2,(H2,17,19)(H,18,20)/t12-/m0/s1. The molecule has 1 amide bonds. The Morgan fingerprint density at radius 2 is 2.09 bits per heavy atom. The van der Waals surface area contributed by atoms with Gasteiger partial charge in [0.1, 0.15) is 0 Å². The van der Waals surface area contributed by atoms with E-state index >= 15 is 0 Å². The van der Waals surface area contributed by atoms with E-state index in [2.05, 4.69) is 10.3 Å². The highest BCUT2D eigenvalue weighted by Gasteiger charge is 2.61. The maximum atomic E-state index is 13.4. The van der Waals surface area contributed by atoms with Crippen LogP contribution in [-0.2, 0) is 10.4 Å². The van der Waals surface area contributed by atoms with E-state index in [0.29, 0.717) is 23.1 Å². The molecule has 1 aromatic carbocycles. The molecule has 0 spiro atoms. The lowest BCUT2D eigenvalue weighted by Gasteiger charge is -2.29. The van der Waals surface area contributed by atoms with Crippen molar-refractivity contribution in [1.82, 2.24) is 10.3 Å². The number of nitrogens with zero attached hydrogens (tertiary/aromatic N) is 1. The van der Waals surface area contributed by atoms with Crippen molar-refractivity contribution in [2.24, 2.45) is 0 Å². The Morgan fingerprint density at radius 1 is 1.41 bits per heavy atom. The number of nitrogens with one attached hydrogen (secondary N) is 1. The van der Waals surface area contributed by atoms with E-state index < -0.39 is 23.2 Å². The number of hydrogen-bond acceptors (Lipinski definition) is 5. The predicted octanol–water partition coefficient (Wildman–Crippen LogP) is 1.91. The van der Waals surface area contributed by atoms with Crippen molar-refractivity contribution in [2.75, 3.05) is 5.73 Å². The Balaban J connectivity index is 2.08. The van der Waals surface area contributed by atoms with Crippen molar-refractivity contribution < 1.29 is 23.1 Å². The first kappa shape index (κ1) is 15.0. The van der Waals surface area contributed by atoms with E-state index in [-0.39, 0.29) is 11.2 Å². The Kier molecular flexibility index (Phi) is 3.29. The van der Waals surface area contributed by atoms with Crippen LogP contribution in [0.4, 0.5) is 18.3 Å². The van der Waals surface area contributed by atoms with Gasteiger partial charge < -0.3 is 16.2 Å². The number of thiazole rings is 1. The summed E-state index contributed by atoms with van der Waals surface area (Å²) < 4.78 is 40.5. The third-order valence-electron chi connectivity index (χ3n) is 3.47. The fourth-order valence-corrected chi connectivity index (χ4v) is 2.88. The van der Waals surface area contributed by atoms with Gasteiger partial charge in [0, 0.05) is 11.6 Å². The Hall–Kier alpha value is -1.87. The number of amides is 1. The number of anilines is 1. The lowest BCUT2D eigenvalue weighted by molar-refractivity contribution is -0.257.